The first-order valence-corrected chi connectivity index (χ1v) is 10.1. The second kappa shape index (κ2) is 8.61. The van der Waals surface area contributed by atoms with Crippen molar-refractivity contribution in [2.24, 2.45) is 11.7 Å². The lowest BCUT2D eigenvalue weighted by Crippen LogP contribution is -2.57. The molecular weight excluding hydrogens is 362 g/mol. The third-order valence-corrected chi connectivity index (χ3v) is 6.38. The van der Waals surface area contributed by atoms with Gasteiger partial charge in [-0.2, -0.15) is 0 Å². The van der Waals surface area contributed by atoms with Gasteiger partial charge in [0, 0.05) is 37.7 Å². The minimum atomic E-state index is 0. The topological polar surface area (TPSA) is 66.6 Å². The zero-order valence-electron chi connectivity index (χ0n) is 15.9. The zero-order chi connectivity index (χ0) is 18.1. The third kappa shape index (κ3) is 3.99. The smallest absolute Gasteiger partial charge is 0.253 e. The molecule has 0 aromatic heterocycles. The lowest BCUT2D eigenvalue weighted by atomic mass is 9.83. The molecule has 5 nitrogen and oxygen atoms in total. The number of likely N-dealkylation sites (tertiary alicyclic amines) is 2. The Morgan fingerprint density at radius 2 is 1.96 bits per heavy atom. The maximum atomic E-state index is 13.0. The molecule has 2 atom stereocenters. The maximum absolute atomic E-state index is 13.0. The van der Waals surface area contributed by atoms with Crippen molar-refractivity contribution in [3.05, 3.63) is 34.9 Å². The van der Waals surface area contributed by atoms with Gasteiger partial charge in [0.05, 0.1) is 0 Å². The monoisotopic (exact) mass is 391 g/mol. The van der Waals surface area contributed by atoms with Gasteiger partial charge in [-0.05, 0) is 74.2 Å². The Kier molecular flexibility index (Phi) is 6.43. The molecular formula is C21H30ClN3O2. The first-order chi connectivity index (χ1) is 12.7. The van der Waals surface area contributed by atoms with Gasteiger partial charge in [-0.15, -0.1) is 12.4 Å². The number of carbonyl (C=O) groups is 2. The quantitative estimate of drug-likeness (QED) is 0.856. The van der Waals surface area contributed by atoms with E-state index in [1.807, 2.05) is 15.9 Å². The molecule has 0 saturated carbocycles. The van der Waals surface area contributed by atoms with Crippen molar-refractivity contribution < 1.29 is 9.59 Å². The molecule has 2 aliphatic heterocycles. The summed E-state index contributed by atoms with van der Waals surface area (Å²) in [4.78, 5) is 29.4. The van der Waals surface area contributed by atoms with E-state index < -0.39 is 0 Å². The molecule has 4 rings (SSSR count). The number of benzene rings is 1. The van der Waals surface area contributed by atoms with Gasteiger partial charge in [-0.1, -0.05) is 6.07 Å². The highest BCUT2D eigenvalue weighted by molar-refractivity contribution is 5.94. The SMILES string of the molecule is Cl.NCCCN1C(=O)CC[C@H]2CN(C(=O)c3ccc4c(c3)CCC4)CC[C@H]21. The van der Waals surface area contributed by atoms with Crippen molar-refractivity contribution in [2.45, 2.75) is 51.0 Å². The third-order valence-electron chi connectivity index (χ3n) is 6.38. The fourth-order valence-corrected chi connectivity index (χ4v) is 4.98. The molecule has 0 radical (unpaired) electrons. The molecule has 2 amide bonds. The van der Waals surface area contributed by atoms with E-state index in [1.54, 1.807) is 0 Å². The van der Waals surface area contributed by atoms with Gasteiger partial charge in [0.2, 0.25) is 5.91 Å². The van der Waals surface area contributed by atoms with E-state index in [0.29, 0.717) is 18.9 Å². The molecule has 0 spiro atoms. The minimum absolute atomic E-state index is 0. The van der Waals surface area contributed by atoms with Crippen LogP contribution >= 0.6 is 12.4 Å². The molecule has 148 valence electrons. The van der Waals surface area contributed by atoms with Crippen molar-refractivity contribution in [1.82, 2.24) is 9.80 Å². The molecule has 2 heterocycles. The van der Waals surface area contributed by atoms with Crippen LogP contribution in [-0.4, -0.2) is 53.8 Å². The van der Waals surface area contributed by atoms with Crippen molar-refractivity contribution >= 4 is 24.2 Å². The van der Waals surface area contributed by atoms with Crippen LogP contribution in [-0.2, 0) is 17.6 Å². The molecule has 1 aliphatic carbocycles. The summed E-state index contributed by atoms with van der Waals surface area (Å²) in [5, 5.41) is 0. The van der Waals surface area contributed by atoms with Crippen LogP contribution in [0.1, 0.15) is 53.6 Å². The Balaban J connectivity index is 0.00000210. The van der Waals surface area contributed by atoms with Crippen LogP contribution in [0.25, 0.3) is 0 Å². The Morgan fingerprint density at radius 1 is 1.15 bits per heavy atom. The van der Waals surface area contributed by atoms with Crippen LogP contribution in [0.2, 0.25) is 0 Å². The fraction of sp³-hybridized carbons (Fsp3) is 0.619. The lowest BCUT2D eigenvalue weighted by Gasteiger charge is -2.47. The average Bonchev–Trinajstić information content (AvgIpc) is 3.14. The van der Waals surface area contributed by atoms with E-state index in [-0.39, 0.29) is 30.3 Å². The average molecular weight is 392 g/mol. The normalized spacial score (nSPS) is 24.3. The molecule has 6 heteroatoms. The molecule has 2 saturated heterocycles. The number of piperidine rings is 2. The lowest BCUT2D eigenvalue weighted by molar-refractivity contribution is -0.140. The maximum Gasteiger partial charge on any atom is 0.253 e. The van der Waals surface area contributed by atoms with Gasteiger partial charge < -0.3 is 15.5 Å². The summed E-state index contributed by atoms with van der Waals surface area (Å²) < 4.78 is 0. The van der Waals surface area contributed by atoms with Crippen LogP contribution in [0.15, 0.2) is 18.2 Å². The van der Waals surface area contributed by atoms with Crippen LogP contribution in [0, 0.1) is 5.92 Å². The number of hydrogen-bond donors (Lipinski definition) is 1. The molecule has 2 N–H and O–H groups in total. The van der Waals surface area contributed by atoms with Gasteiger partial charge in [0.25, 0.3) is 5.91 Å². The summed E-state index contributed by atoms with van der Waals surface area (Å²) in [7, 11) is 0. The summed E-state index contributed by atoms with van der Waals surface area (Å²) >= 11 is 0. The first-order valence-electron chi connectivity index (χ1n) is 10.1. The first kappa shape index (κ1) is 20.2. The molecule has 2 fully saturated rings. The van der Waals surface area contributed by atoms with Crippen molar-refractivity contribution in [3.8, 4) is 0 Å². The Hall–Kier alpha value is -1.59. The molecule has 1 aromatic carbocycles. The van der Waals surface area contributed by atoms with Crippen molar-refractivity contribution in [3.63, 3.8) is 0 Å². The zero-order valence-corrected chi connectivity index (χ0v) is 16.7. The summed E-state index contributed by atoms with van der Waals surface area (Å²) in [5.74, 6) is 0.819. The van der Waals surface area contributed by atoms with Crippen LogP contribution < -0.4 is 5.73 Å². The molecule has 3 aliphatic rings. The number of fused-ring (bicyclic) bond motifs is 2. The number of halogens is 1. The second-order valence-electron chi connectivity index (χ2n) is 7.97. The van der Waals surface area contributed by atoms with E-state index in [0.717, 1.165) is 57.3 Å². The highest BCUT2D eigenvalue weighted by Crippen LogP contribution is 2.32. The Morgan fingerprint density at radius 3 is 2.78 bits per heavy atom. The van der Waals surface area contributed by atoms with E-state index in [4.69, 9.17) is 5.73 Å². The molecule has 27 heavy (non-hydrogen) atoms. The number of hydrogen-bond acceptors (Lipinski definition) is 3. The molecule has 0 bridgehead atoms. The standard InChI is InChI=1S/C21H29N3O2.ClH/c22-10-2-11-24-19-9-12-23(14-18(19)7-8-20(24)25)21(26)17-6-5-15-3-1-4-16(15)13-17;/h5-6,13,18-19H,1-4,7-12,14,22H2;1H/t18-,19+;/m0./s1. The van der Waals surface area contributed by atoms with Crippen molar-refractivity contribution in [2.75, 3.05) is 26.2 Å². The highest BCUT2D eigenvalue weighted by atomic mass is 35.5. The fourth-order valence-electron chi connectivity index (χ4n) is 4.98. The van der Waals surface area contributed by atoms with Crippen LogP contribution in [0.4, 0.5) is 0 Å². The van der Waals surface area contributed by atoms with Gasteiger partial charge >= 0.3 is 0 Å². The summed E-state index contributed by atoms with van der Waals surface area (Å²) in [6.07, 6.45) is 6.68. The van der Waals surface area contributed by atoms with Gasteiger partial charge in [0.15, 0.2) is 0 Å². The predicted molar refractivity (Wildman–Crippen MR) is 108 cm³/mol. The van der Waals surface area contributed by atoms with Gasteiger partial charge in [-0.3, -0.25) is 9.59 Å². The second-order valence-corrected chi connectivity index (χ2v) is 7.97. The van der Waals surface area contributed by atoms with Crippen LogP contribution in [0.3, 0.4) is 0 Å². The summed E-state index contributed by atoms with van der Waals surface area (Å²) in [6.45, 7) is 2.88. The highest BCUT2D eigenvalue weighted by Gasteiger charge is 2.40. The minimum Gasteiger partial charge on any atom is -0.339 e. The van der Waals surface area contributed by atoms with Gasteiger partial charge in [-0.25, -0.2) is 0 Å². The largest absolute Gasteiger partial charge is 0.339 e. The van der Waals surface area contributed by atoms with E-state index in [9.17, 15) is 9.59 Å². The molecule has 0 unspecified atom stereocenters. The summed E-state index contributed by atoms with van der Waals surface area (Å²) in [6, 6.07) is 6.52. The number of nitrogens with two attached hydrogens (primary N) is 1. The van der Waals surface area contributed by atoms with E-state index >= 15 is 0 Å². The summed E-state index contributed by atoms with van der Waals surface area (Å²) in [5.41, 5.74) is 9.22. The number of amides is 2. The molecule has 1 aromatic rings. The van der Waals surface area contributed by atoms with Crippen LogP contribution in [0.5, 0.6) is 0 Å². The van der Waals surface area contributed by atoms with E-state index in [2.05, 4.69) is 12.1 Å². The number of aryl methyl sites for hydroxylation is 2. The van der Waals surface area contributed by atoms with E-state index in [1.165, 1.54) is 17.5 Å². The number of rotatable bonds is 4. The Bertz CT molecular complexity index is 709. The number of nitrogens with zero attached hydrogens (tertiary/aromatic N) is 2. The van der Waals surface area contributed by atoms with Gasteiger partial charge in [0.1, 0.15) is 0 Å². The predicted octanol–water partition coefficient (Wildman–Crippen LogP) is 2.40. The number of carbonyl (C=O) groups excluding carboxylic acids is 2. The Labute approximate surface area is 167 Å². The van der Waals surface area contributed by atoms with Crippen molar-refractivity contribution in [1.29, 1.82) is 0 Å².